The molecule has 27 heavy (non-hydrogen) atoms. The zero-order valence-corrected chi connectivity index (χ0v) is 16.1. The maximum atomic E-state index is 12.7. The van der Waals surface area contributed by atoms with Crippen LogP contribution >= 0.6 is 11.6 Å². The van der Waals surface area contributed by atoms with Crippen LogP contribution in [-0.2, 0) is 7.05 Å². The summed E-state index contributed by atoms with van der Waals surface area (Å²) in [5.74, 6) is 0.0624. The molecule has 0 saturated carbocycles. The third-order valence-corrected chi connectivity index (χ3v) is 4.69. The summed E-state index contributed by atoms with van der Waals surface area (Å²) in [6, 6.07) is 1.61. The van der Waals surface area contributed by atoms with Crippen molar-refractivity contribution in [3.63, 3.8) is 0 Å². The van der Waals surface area contributed by atoms with Crippen molar-refractivity contribution in [1.29, 1.82) is 0 Å². The van der Waals surface area contributed by atoms with E-state index in [1.54, 1.807) is 28.9 Å². The van der Waals surface area contributed by atoms with Crippen molar-refractivity contribution in [3.05, 3.63) is 40.8 Å². The number of nitrogens with zero attached hydrogens (tertiary/aromatic N) is 4. The zero-order valence-electron chi connectivity index (χ0n) is 15.3. The van der Waals surface area contributed by atoms with Crippen LogP contribution < -0.4 is 10.1 Å². The number of amides is 2. The number of carbonyl (C=O) groups is 2. The van der Waals surface area contributed by atoms with Gasteiger partial charge in [-0.1, -0.05) is 11.6 Å². The predicted molar refractivity (Wildman–Crippen MR) is 100 cm³/mol. The molecule has 2 aromatic rings. The molecular formula is C18H22ClN5O3. The molecule has 2 amide bonds. The Balaban J connectivity index is 1.54. The van der Waals surface area contributed by atoms with Gasteiger partial charge < -0.3 is 15.0 Å². The lowest BCUT2D eigenvalue weighted by Crippen LogP contribution is -2.46. The fourth-order valence-electron chi connectivity index (χ4n) is 3.00. The van der Waals surface area contributed by atoms with Gasteiger partial charge in [-0.25, -0.2) is 4.98 Å². The molecule has 1 fully saturated rings. The molecule has 0 aliphatic carbocycles. The number of nitrogens with one attached hydrogen (secondary N) is 1. The average Bonchev–Trinajstić information content (AvgIpc) is 3.10. The van der Waals surface area contributed by atoms with Gasteiger partial charge in [-0.15, -0.1) is 0 Å². The van der Waals surface area contributed by atoms with E-state index in [4.69, 9.17) is 16.3 Å². The van der Waals surface area contributed by atoms with Crippen LogP contribution in [-0.4, -0.2) is 57.2 Å². The first-order valence-electron chi connectivity index (χ1n) is 8.85. The second-order valence-corrected chi connectivity index (χ2v) is 6.79. The molecule has 0 aromatic carbocycles. The fraction of sp³-hybridized carbons (Fsp3) is 0.444. The number of pyridine rings is 1. The third kappa shape index (κ3) is 4.57. The number of carbonyl (C=O) groups excluding carboxylic acids is 2. The Kier molecular flexibility index (Phi) is 5.95. The first-order valence-corrected chi connectivity index (χ1v) is 9.23. The minimum atomic E-state index is -0.143. The number of piperidine rings is 1. The lowest BCUT2D eigenvalue weighted by atomic mass is 10.0. The van der Waals surface area contributed by atoms with Crippen LogP contribution in [0.4, 0.5) is 0 Å². The van der Waals surface area contributed by atoms with E-state index in [9.17, 15) is 9.59 Å². The molecule has 0 spiro atoms. The summed E-state index contributed by atoms with van der Waals surface area (Å²) in [6.45, 7) is 3.41. The molecule has 144 valence electrons. The SMILES string of the molecule is CCOc1ncc(C(=O)N2CCC(NC(=O)c3cnn(C)c3)CC2)cc1Cl. The molecule has 8 nitrogen and oxygen atoms in total. The predicted octanol–water partition coefficient (Wildman–Crippen LogP) is 1.90. The first kappa shape index (κ1) is 19.2. The lowest BCUT2D eigenvalue weighted by Gasteiger charge is -2.32. The van der Waals surface area contributed by atoms with Crippen molar-refractivity contribution < 1.29 is 14.3 Å². The number of ether oxygens (including phenoxy) is 1. The first-order chi connectivity index (χ1) is 13.0. The minimum Gasteiger partial charge on any atom is -0.477 e. The Labute approximate surface area is 162 Å². The van der Waals surface area contributed by atoms with E-state index in [-0.39, 0.29) is 17.9 Å². The molecule has 2 aromatic heterocycles. The van der Waals surface area contributed by atoms with Gasteiger partial charge in [0.25, 0.3) is 11.8 Å². The van der Waals surface area contributed by atoms with Gasteiger partial charge in [0.15, 0.2) is 0 Å². The van der Waals surface area contributed by atoms with E-state index in [1.165, 1.54) is 12.4 Å². The summed E-state index contributed by atoms with van der Waals surface area (Å²) in [5.41, 5.74) is 0.965. The highest BCUT2D eigenvalue weighted by Crippen LogP contribution is 2.23. The highest BCUT2D eigenvalue weighted by atomic mass is 35.5. The number of rotatable bonds is 5. The van der Waals surface area contributed by atoms with Crippen LogP contribution in [0, 0.1) is 0 Å². The Morgan fingerprint density at radius 1 is 1.30 bits per heavy atom. The van der Waals surface area contributed by atoms with Crippen molar-refractivity contribution in [3.8, 4) is 5.88 Å². The van der Waals surface area contributed by atoms with Crippen LogP contribution in [0.5, 0.6) is 5.88 Å². The molecule has 0 bridgehead atoms. The third-order valence-electron chi connectivity index (χ3n) is 4.42. The highest BCUT2D eigenvalue weighted by Gasteiger charge is 2.25. The molecule has 1 aliphatic heterocycles. The van der Waals surface area contributed by atoms with Gasteiger partial charge in [-0.2, -0.15) is 5.10 Å². The maximum absolute atomic E-state index is 12.7. The summed E-state index contributed by atoms with van der Waals surface area (Å²) in [7, 11) is 1.77. The van der Waals surface area contributed by atoms with E-state index in [0.29, 0.717) is 54.6 Å². The molecule has 3 rings (SSSR count). The monoisotopic (exact) mass is 391 g/mol. The van der Waals surface area contributed by atoms with Crippen molar-refractivity contribution in [1.82, 2.24) is 25.0 Å². The Morgan fingerprint density at radius 3 is 2.63 bits per heavy atom. The van der Waals surface area contributed by atoms with Gasteiger partial charge in [-0.05, 0) is 25.8 Å². The van der Waals surface area contributed by atoms with Crippen LogP contribution in [0.2, 0.25) is 5.02 Å². The Bertz CT molecular complexity index is 830. The largest absolute Gasteiger partial charge is 0.477 e. The summed E-state index contributed by atoms with van der Waals surface area (Å²) < 4.78 is 6.88. The summed E-state index contributed by atoms with van der Waals surface area (Å²) in [5, 5.41) is 7.32. The summed E-state index contributed by atoms with van der Waals surface area (Å²) >= 11 is 6.12. The highest BCUT2D eigenvalue weighted by molar-refractivity contribution is 6.32. The number of halogens is 1. The molecule has 0 radical (unpaired) electrons. The topological polar surface area (TPSA) is 89.3 Å². The minimum absolute atomic E-state index is 0.0313. The molecular weight excluding hydrogens is 370 g/mol. The maximum Gasteiger partial charge on any atom is 0.255 e. The molecule has 1 saturated heterocycles. The number of likely N-dealkylation sites (tertiary alicyclic amines) is 1. The Hall–Kier alpha value is -2.61. The quantitative estimate of drug-likeness (QED) is 0.840. The van der Waals surface area contributed by atoms with Gasteiger partial charge in [0.2, 0.25) is 5.88 Å². The Morgan fingerprint density at radius 2 is 2.04 bits per heavy atom. The van der Waals surface area contributed by atoms with Crippen molar-refractivity contribution in [2.75, 3.05) is 19.7 Å². The van der Waals surface area contributed by atoms with Gasteiger partial charge in [0, 0.05) is 38.6 Å². The molecule has 1 N–H and O–H groups in total. The number of aryl methyl sites for hydroxylation is 1. The normalized spacial score (nSPS) is 14.9. The van der Waals surface area contributed by atoms with Crippen LogP contribution in [0.15, 0.2) is 24.7 Å². The van der Waals surface area contributed by atoms with E-state index in [1.807, 2.05) is 6.92 Å². The number of hydrogen-bond acceptors (Lipinski definition) is 5. The summed E-state index contributed by atoms with van der Waals surface area (Å²) in [6.07, 6.45) is 6.08. The van der Waals surface area contributed by atoms with Crippen molar-refractivity contribution >= 4 is 23.4 Å². The average molecular weight is 392 g/mol. The van der Waals surface area contributed by atoms with Gasteiger partial charge in [-0.3, -0.25) is 14.3 Å². The molecule has 9 heteroatoms. The van der Waals surface area contributed by atoms with Crippen LogP contribution in [0.1, 0.15) is 40.5 Å². The molecule has 0 unspecified atom stereocenters. The summed E-state index contributed by atoms with van der Waals surface area (Å²) in [4.78, 5) is 30.7. The molecule has 3 heterocycles. The number of aromatic nitrogens is 3. The second-order valence-electron chi connectivity index (χ2n) is 6.39. The van der Waals surface area contributed by atoms with Crippen LogP contribution in [0.25, 0.3) is 0 Å². The van der Waals surface area contributed by atoms with Crippen molar-refractivity contribution in [2.45, 2.75) is 25.8 Å². The van der Waals surface area contributed by atoms with Gasteiger partial charge in [0.05, 0.1) is 23.9 Å². The smallest absolute Gasteiger partial charge is 0.255 e. The number of hydrogen-bond donors (Lipinski definition) is 1. The zero-order chi connectivity index (χ0) is 19.4. The van der Waals surface area contributed by atoms with Gasteiger partial charge >= 0.3 is 0 Å². The molecule has 0 atom stereocenters. The molecule has 1 aliphatic rings. The van der Waals surface area contributed by atoms with Crippen LogP contribution in [0.3, 0.4) is 0 Å². The second kappa shape index (κ2) is 8.39. The van der Waals surface area contributed by atoms with Crippen molar-refractivity contribution in [2.24, 2.45) is 7.05 Å². The fourth-order valence-corrected chi connectivity index (χ4v) is 3.22. The lowest BCUT2D eigenvalue weighted by molar-refractivity contribution is 0.0697. The standard InChI is InChI=1S/C18H22ClN5O3/c1-3-27-17-15(19)8-12(9-20-17)18(26)24-6-4-14(5-7-24)22-16(25)13-10-21-23(2)11-13/h8-11,14H,3-7H2,1-2H3,(H,22,25). The van der Waals surface area contributed by atoms with E-state index >= 15 is 0 Å². The van der Waals surface area contributed by atoms with E-state index < -0.39 is 0 Å². The van der Waals surface area contributed by atoms with E-state index in [0.717, 1.165) is 0 Å². The van der Waals surface area contributed by atoms with E-state index in [2.05, 4.69) is 15.4 Å². The van der Waals surface area contributed by atoms with Gasteiger partial charge in [0.1, 0.15) is 5.02 Å².